The molecule has 0 aromatic heterocycles. The first-order valence-corrected chi connectivity index (χ1v) is 6.50. The molecule has 0 radical (unpaired) electrons. The van der Waals surface area contributed by atoms with E-state index in [-0.39, 0.29) is 11.7 Å². The zero-order chi connectivity index (χ0) is 9.90. The molecule has 1 amide bonds. The van der Waals surface area contributed by atoms with Gasteiger partial charge in [-0.3, -0.25) is 4.79 Å². The largest absolute Gasteiger partial charge is 0.353 e. The second kappa shape index (κ2) is 4.09. The van der Waals surface area contributed by atoms with E-state index in [2.05, 4.69) is 5.32 Å². The molecule has 4 nitrogen and oxygen atoms in total. The lowest BCUT2D eigenvalue weighted by Crippen LogP contribution is -2.25. The Morgan fingerprint density at radius 1 is 1.46 bits per heavy atom. The molecular weight excluding hydrogens is 190 g/mol. The van der Waals surface area contributed by atoms with Crippen molar-refractivity contribution in [1.82, 2.24) is 5.32 Å². The second-order valence-electron chi connectivity index (χ2n) is 3.58. The average Bonchev–Trinajstić information content (AvgIpc) is 2.68. The average molecular weight is 205 g/mol. The Morgan fingerprint density at radius 3 is 2.54 bits per heavy atom. The third-order valence-electron chi connectivity index (χ3n) is 1.86. The molecule has 1 saturated carbocycles. The van der Waals surface area contributed by atoms with Gasteiger partial charge in [0.15, 0.2) is 0 Å². The van der Waals surface area contributed by atoms with E-state index in [0.717, 1.165) is 12.8 Å². The second-order valence-corrected chi connectivity index (χ2v) is 5.83. The minimum absolute atomic E-state index is 0.0221. The SMILES string of the molecule is CS(=O)(=O)CCCC(=O)NC1CC1. The van der Waals surface area contributed by atoms with Gasteiger partial charge in [-0.05, 0) is 19.3 Å². The number of carbonyl (C=O) groups excluding carboxylic acids is 1. The number of rotatable bonds is 5. The van der Waals surface area contributed by atoms with E-state index in [1.54, 1.807) is 0 Å². The molecule has 13 heavy (non-hydrogen) atoms. The van der Waals surface area contributed by atoms with Crippen LogP contribution in [0.2, 0.25) is 0 Å². The molecule has 0 aliphatic heterocycles. The summed E-state index contributed by atoms with van der Waals surface area (Å²) in [6.07, 6.45) is 4.07. The molecule has 0 aromatic rings. The van der Waals surface area contributed by atoms with Crippen molar-refractivity contribution in [3.8, 4) is 0 Å². The Labute approximate surface area is 78.6 Å². The van der Waals surface area contributed by atoms with Gasteiger partial charge in [-0.15, -0.1) is 0 Å². The van der Waals surface area contributed by atoms with Crippen LogP contribution in [0.5, 0.6) is 0 Å². The quantitative estimate of drug-likeness (QED) is 0.692. The summed E-state index contributed by atoms with van der Waals surface area (Å²) in [4.78, 5) is 11.1. The fraction of sp³-hybridized carbons (Fsp3) is 0.875. The normalized spacial score (nSPS) is 17.0. The van der Waals surface area contributed by atoms with E-state index in [9.17, 15) is 13.2 Å². The summed E-state index contributed by atoms with van der Waals surface area (Å²) in [5, 5.41) is 2.81. The van der Waals surface area contributed by atoms with Crippen molar-refractivity contribution in [2.24, 2.45) is 0 Å². The van der Waals surface area contributed by atoms with Gasteiger partial charge in [-0.2, -0.15) is 0 Å². The number of nitrogens with one attached hydrogen (secondary N) is 1. The van der Waals surface area contributed by atoms with Crippen LogP contribution in [0.15, 0.2) is 0 Å². The predicted molar refractivity (Wildman–Crippen MR) is 50.1 cm³/mol. The van der Waals surface area contributed by atoms with Gasteiger partial charge in [-0.25, -0.2) is 8.42 Å². The molecule has 1 fully saturated rings. The van der Waals surface area contributed by atoms with E-state index >= 15 is 0 Å². The van der Waals surface area contributed by atoms with E-state index < -0.39 is 9.84 Å². The smallest absolute Gasteiger partial charge is 0.220 e. The molecule has 0 unspecified atom stereocenters. The van der Waals surface area contributed by atoms with Crippen molar-refractivity contribution in [3.63, 3.8) is 0 Å². The van der Waals surface area contributed by atoms with Crippen LogP contribution >= 0.6 is 0 Å². The molecule has 0 aromatic carbocycles. The maximum atomic E-state index is 11.1. The molecule has 0 heterocycles. The fourth-order valence-electron chi connectivity index (χ4n) is 1.02. The highest BCUT2D eigenvalue weighted by molar-refractivity contribution is 7.90. The Bertz CT molecular complexity index is 280. The molecule has 5 heteroatoms. The van der Waals surface area contributed by atoms with Crippen LogP contribution in [0.4, 0.5) is 0 Å². The molecule has 1 aliphatic carbocycles. The van der Waals surface area contributed by atoms with Crippen LogP contribution in [0.3, 0.4) is 0 Å². The summed E-state index contributed by atoms with van der Waals surface area (Å²) >= 11 is 0. The topological polar surface area (TPSA) is 63.2 Å². The zero-order valence-electron chi connectivity index (χ0n) is 7.75. The van der Waals surface area contributed by atoms with Crippen LogP contribution in [0.25, 0.3) is 0 Å². The first-order chi connectivity index (χ1) is 5.97. The maximum Gasteiger partial charge on any atom is 0.220 e. The molecule has 0 spiro atoms. The van der Waals surface area contributed by atoms with Crippen LogP contribution in [0, 0.1) is 0 Å². The summed E-state index contributed by atoms with van der Waals surface area (Å²) in [7, 11) is -2.91. The van der Waals surface area contributed by atoms with E-state index in [1.807, 2.05) is 0 Å². The third-order valence-corrected chi connectivity index (χ3v) is 2.89. The van der Waals surface area contributed by atoms with Crippen molar-refractivity contribution in [2.45, 2.75) is 31.7 Å². The van der Waals surface area contributed by atoms with Crippen LogP contribution in [-0.4, -0.2) is 32.4 Å². The first kappa shape index (κ1) is 10.5. The molecule has 0 saturated heterocycles. The minimum Gasteiger partial charge on any atom is -0.353 e. The summed E-state index contributed by atoms with van der Waals surface area (Å²) in [5.41, 5.74) is 0. The lowest BCUT2D eigenvalue weighted by atomic mass is 10.3. The Kier molecular flexibility index (Phi) is 3.30. The van der Waals surface area contributed by atoms with E-state index in [4.69, 9.17) is 0 Å². The zero-order valence-corrected chi connectivity index (χ0v) is 8.56. The van der Waals surface area contributed by atoms with Crippen LogP contribution < -0.4 is 5.32 Å². The van der Waals surface area contributed by atoms with Gasteiger partial charge in [0.1, 0.15) is 9.84 Å². The van der Waals surface area contributed by atoms with Crippen LogP contribution in [-0.2, 0) is 14.6 Å². The first-order valence-electron chi connectivity index (χ1n) is 4.44. The maximum absolute atomic E-state index is 11.1. The molecule has 1 rings (SSSR count). The highest BCUT2D eigenvalue weighted by Gasteiger charge is 2.22. The summed E-state index contributed by atoms with van der Waals surface area (Å²) in [6.45, 7) is 0. The lowest BCUT2D eigenvalue weighted by molar-refractivity contribution is -0.121. The highest BCUT2D eigenvalue weighted by atomic mass is 32.2. The monoisotopic (exact) mass is 205 g/mol. The molecule has 1 N–H and O–H groups in total. The number of carbonyl (C=O) groups is 1. The molecule has 1 aliphatic rings. The molecular formula is C8H15NO3S. The van der Waals surface area contributed by atoms with Crippen molar-refractivity contribution in [3.05, 3.63) is 0 Å². The van der Waals surface area contributed by atoms with Crippen molar-refractivity contribution < 1.29 is 13.2 Å². The minimum atomic E-state index is -2.91. The van der Waals surface area contributed by atoms with Gasteiger partial charge in [-0.1, -0.05) is 0 Å². The van der Waals surface area contributed by atoms with Crippen molar-refractivity contribution in [2.75, 3.05) is 12.0 Å². The van der Waals surface area contributed by atoms with Gasteiger partial charge in [0.05, 0.1) is 5.75 Å². The molecule has 0 atom stereocenters. The van der Waals surface area contributed by atoms with Gasteiger partial charge in [0.2, 0.25) is 5.91 Å². The summed E-state index contributed by atoms with van der Waals surface area (Å²) < 4.78 is 21.4. The number of hydrogen-bond donors (Lipinski definition) is 1. The van der Waals surface area contributed by atoms with Crippen molar-refractivity contribution >= 4 is 15.7 Å². The Morgan fingerprint density at radius 2 is 2.08 bits per heavy atom. The third kappa shape index (κ3) is 5.63. The van der Waals surface area contributed by atoms with Gasteiger partial charge < -0.3 is 5.32 Å². The summed E-state index contributed by atoms with van der Waals surface area (Å²) in [5.74, 6) is 0.0802. The van der Waals surface area contributed by atoms with Gasteiger partial charge >= 0.3 is 0 Å². The lowest BCUT2D eigenvalue weighted by Gasteiger charge is -2.01. The fourth-order valence-corrected chi connectivity index (χ4v) is 1.69. The van der Waals surface area contributed by atoms with Crippen LogP contribution in [0.1, 0.15) is 25.7 Å². The Hall–Kier alpha value is -0.580. The van der Waals surface area contributed by atoms with Gasteiger partial charge in [0, 0.05) is 18.7 Å². The summed E-state index contributed by atoms with van der Waals surface area (Å²) in [6, 6.07) is 0.366. The number of sulfone groups is 1. The number of amides is 1. The van der Waals surface area contributed by atoms with E-state index in [0.29, 0.717) is 18.9 Å². The number of hydrogen-bond acceptors (Lipinski definition) is 3. The van der Waals surface area contributed by atoms with Gasteiger partial charge in [0.25, 0.3) is 0 Å². The van der Waals surface area contributed by atoms with E-state index in [1.165, 1.54) is 6.26 Å². The predicted octanol–water partition coefficient (Wildman–Crippen LogP) is 0.0898. The molecule has 76 valence electrons. The Balaban J connectivity index is 2.07. The standard InChI is InChI=1S/C8H15NO3S/c1-13(11,12)6-2-3-8(10)9-7-4-5-7/h7H,2-6H2,1H3,(H,9,10). The van der Waals surface area contributed by atoms with Crippen molar-refractivity contribution in [1.29, 1.82) is 0 Å². The molecule has 0 bridgehead atoms. The highest BCUT2D eigenvalue weighted by Crippen LogP contribution is 2.18.